The van der Waals surface area contributed by atoms with Crippen molar-refractivity contribution in [2.45, 2.75) is 50.1 Å². The molecular weight excluding hydrogens is 525 g/mol. The van der Waals surface area contributed by atoms with Crippen LogP contribution < -0.4 is 20.1 Å². The number of fused-ring (bicyclic) bond motifs is 1. The highest BCUT2D eigenvalue weighted by Crippen LogP contribution is 2.35. The molecule has 12 heteroatoms. The zero-order valence-electron chi connectivity index (χ0n) is 21.5. The van der Waals surface area contributed by atoms with Crippen LogP contribution >= 0.6 is 0 Å². The van der Waals surface area contributed by atoms with E-state index in [0.29, 0.717) is 48.2 Å². The number of carbonyl (C=O) groups excluding carboxylic acids is 1. The predicted octanol–water partition coefficient (Wildman–Crippen LogP) is 3.69. The fourth-order valence-corrected chi connectivity index (χ4v) is 6.23. The van der Waals surface area contributed by atoms with Crippen LogP contribution in [0, 0.1) is 5.82 Å². The number of aromatic nitrogens is 2. The van der Waals surface area contributed by atoms with Crippen molar-refractivity contribution in [3.63, 3.8) is 0 Å². The first-order valence-corrected chi connectivity index (χ1v) is 14.4. The van der Waals surface area contributed by atoms with Crippen molar-refractivity contribution in [1.29, 1.82) is 0 Å². The quantitative estimate of drug-likeness (QED) is 0.363. The Morgan fingerprint density at radius 1 is 1.10 bits per heavy atom. The first kappa shape index (κ1) is 26.8. The molecule has 1 aromatic heterocycles. The smallest absolute Gasteiger partial charge is 0.243 e. The number of anilines is 1. The number of nitrogens with one attached hydrogen (secondary N) is 2. The minimum Gasteiger partial charge on any atom is -0.454 e. The summed E-state index contributed by atoms with van der Waals surface area (Å²) in [5.74, 6) is 0.785. The average Bonchev–Trinajstić information content (AvgIpc) is 3.62. The summed E-state index contributed by atoms with van der Waals surface area (Å²) in [6, 6.07) is 11.1. The van der Waals surface area contributed by atoms with E-state index in [0.717, 1.165) is 30.5 Å². The van der Waals surface area contributed by atoms with Crippen molar-refractivity contribution in [2.24, 2.45) is 0 Å². The highest BCUT2D eigenvalue weighted by atomic mass is 32.2. The van der Waals surface area contributed by atoms with E-state index >= 15 is 0 Å². The zero-order chi connectivity index (χ0) is 27.4. The first-order chi connectivity index (χ1) is 18.8. The first-order valence-electron chi connectivity index (χ1n) is 12.9. The average molecular weight is 556 g/mol. The minimum absolute atomic E-state index is 0.0458. The van der Waals surface area contributed by atoms with E-state index in [-0.39, 0.29) is 24.8 Å². The molecule has 1 atom stereocenters. The maximum atomic E-state index is 13.3. The van der Waals surface area contributed by atoms with E-state index in [9.17, 15) is 17.6 Å². The van der Waals surface area contributed by atoms with Crippen LogP contribution in [0.3, 0.4) is 0 Å². The van der Waals surface area contributed by atoms with E-state index in [2.05, 4.69) is 27.5 Å². The topological polar surface area (TPSA) is 123 Å². The zero-order valence-corrected chi connectivity index (χ0v) is 22.3. The number of ether oxygens (including phenoxy) is 2. The molecule has 2 N–H and O–H groups in total. The van der Waals surface area contributed by atoms with Crippen LogP contribution in [0.4, 0.5) is 10.3 Å². The second-order valence-corrected chi connectivity index (χ2v) is 11.3. The maximum absolute atomic E-state index is 13.3. The molecule has 1 amide bonds. The molecule has 0 radical (unpaired) electrons. The van der Waals surface area contributed by atoms with Crippen molar-refractivity contribution >= 4 is 21.9 Å². The number of rotatable bonds is 10. The number of unbranched alkanes of at least 4 members (excludes halogenated alkanes) is 1. The fraction of sp³-hybridized carbons (Fsp3) is 0.370. The van der Waals surface area contributed by atoms with Crippen LogP contribution in [-0.2, 0) is 21.4 Å². The highest BCUT2D eigenvalue weighted by Gasteiger charge is 2.39. The minimum atomic E-state index is -3.95. The molecule has 0 spiro atoms. The Balaban J connectivity index is 1.33. The third kappa shape index (κ3) is 5.96. The van der Waals surface area contributed by atoms with Gasteiger partial charge in [-0.3, -0.25) is 4.79 Å². The van der Waals surface area contributed by atoms with Crippen molar-refractivity contribution in [3.8, 4) is 22.8 Å². The molecule has 2 aliphatic heterocycles. The van der Waals surface area contributed by atoms with Crippen LogP contribution in [-0.4, -0.2) is 54.5 Å². The van der Waals surface area contributed by atoms with Crippen LogP contribution in [0.5, 0.6) is 11.5 Å². The molecule has 10 nitrogen and oxygen atoms in total. The van der Waals surface area contributed by atoms with Gasteiger partial charge < -0.3 is 20.1 Å². The Morgan fingerprint density at radius 2 is 1.90 bits per heavy atom. The summed E-state index contributed by atoms with van der Waals surface area (Å²) in [4.78, 5) is 22.3. The number of amides is 1. The third-order valence-electron chi connectivity index (χ3n) is 6.63. The van der Waals surface area contributed by atoms with Crippen molar-refractivity contribution < 1.29 is 27.1 Å². The number of hydrogen-bond donors (Lipinski definition) is 2. The van der Waals surface area contributed by atoms with Gasteiger partial charge in [0.1, 0.15) is 11.9 Å². The van der Waals surface area contributed by atoms with Crippen molar-refractivity contribution in [3.05, 3.63) is 60.0 Å². The Labute approximate surface area is 226 Å². The molecule has 3 heterocycles. The largest absolute Gasteiger partial charge is 0.454 e. The Morgan fingerprint density at radius 3 is 2.69 bits per heavy atom. The lowest BCUT2D eigenvalue weighted by Gasteiger charge is -2.23. The number of carbonyl (C=O) groups is 1. The van der Waals surface area contributed by atoms with Crippen LogP contribution in [0.2, 0.25) is 0 Å². The molecular formula is C27H30FN5O5S. The van der Waals surface area contributed by atoms with Gasteiger partial charge in [0.15, 0.2) is 11.5 Å². The molecule has 5 rings (SSSR count). The molecule has 2 aliphatic rings. The lowest BCUT2D eigenvalue weighted by atomic mass is 10.1. The van der Waals surface area contributed by atoms with E-state index in [1.807, 2.05) is 18.2 Å². The van der Waals surface area contributed by atoms with Gasteiger partial charge in [-0.1, -0.05) is 13.3 Å². The number of halogens is 1. The Kier molecular flexibility index (Phi) is 7.94. The summed E-state index contributed by atoms with van der Waals surface area (Å²) in [5.41, 5.74) is 2.02. The number of sulfonamides is 1. The van der Waals surface area contributed by atoms with E-state index in [1.165, 1.54) is 16.4 Å². The van der Waals surface area contributed by atoms with Crippen LogP contribution in [0.25, 0.3) is 11.3 Å². The van der Waals surface area contributed by atoms with Gasteiger partial charge >= 0.3 is 0 Å². The second kappa shape index (κ2) is 11.5. The summed E-state index contributed by atoms with van der Waals surface area (Å²) in [7, 11) is -3.95. The van der Waals surface area contributed by atoms with Gasteiger partial charge in [-0.2, -0.15) is 4.31 Å². The predicted molar refractivity (Wildman–Crippen MR) is 142 cm³/mol. The second-order valence-electron chi connectivity index (χ2n) is 9.36. The molecule has 0 unspecified atom stereocenters. The fourth-order valence-electron chi connectivity index (χ4n) is 4.58. The molecule has 1 saturated heterocycles. The summed E-state index contributed by atoms with van der Waals surface area (Å²) < 4.78 is 51.7. The Hall–Kier alpha value is -3.77. The number of hydrogen-bond acceptors (Lipinski definition) is 8. The van der Waals surface area contributed by atoms with Gasteiger partial charge in [-0.25, -0.2) is 22.8 Å². The molecule has 0 bridgehead atoms. The SMILES string of the molecule is CCCCNc1nc(CNC(=O)[C@@H]2CCCN2S(=O)(=O)c2ccc(F)cc2)cc(-c2ccc3c(c2)OCO3)n1. The van der Waals surface area contributed by atoms with Gasteiger partial charge in [0.05, 0.1) is 22.8 Å². The summed E-state index contributed by atoms with van der Waals surface area (Å²) in [6.07, 6.45) is 2.90. The Bertz CT molecular complexity index is 1450. The van der Waals surface area contributed by atoms with E-state index < -0.39 is 27.8 Å². The third-order valence-corrected chi connectivity index (χ3v) is 8.55. The standard InChI is InChI=1S/C27H30FN5O5S/c1-2-3-12-29-27-31-20(15-22(32-27)18-6-11-24-25(14-18)38-17-37-24)16-30-26(34)23-5-4-13-33(23)39(35,36)21-9-7-19(28)8-10-21/h6-11,14-15,23H,2-5,12-13,16-17H2,1H3,(H,30,34)(H,29,31,32)/t23-/m0/s1. The van der Waals surface area contributed by atoms with E-state index in [4.69, 9.17) is 9.47 Å². The van der Waals surface area contributed by atoms with Gasteiger partial charge in [0, 0.05) is 18.7 Å². The summed E-state index contributed by atoms with van der Waals surface area (Å²) in [5, 5.41) is 6.09. The molecule has 2 aromatic carbocycles. The lowest BCUT2D eigenvalue weighted by molar-refractivity contribution is -0.124. The normalized spacial score (nSPS) is 16.8. The molecule has 39 heavy (non-hydrogen) atoms. The summed E-state index contributed by atoms with van der Waals surface area (Å²) in [6.45, 7) is 3.26. The molecule has 206 valence electrons. The maximum Gasteiger partial charge on any atom is 0.243 e. The molecule has 3 aromatic rings. The molecule has 1 fully saturated rings. The molecule has 0 aliphatic carbocycles. The van der Waals surface area contributed by atoms with Gasteiger partial charge in [0.25, 0.3) is 0 Å². The van der Waals surface area contributed by atoms with Crippen LogP contribution in [0.1, 0.15) is 38.3 Å². The number of nitrogens with zero attached hydrogens (tertiary/aromatic N) is 3. The molecule has 0 saturated carbocycles. The summed E-state index contributed by atoms with van der Waals surface area (Å²) >= 11 is 0. The highest BCUT2D eigenvalue weighted by molar-refractivity contribution is 7.89. The van der Waals surface area contributed by atoms with E-state index in [1.54, 1.807) is 6.07 Å². The van der Waals surface area contributed by atoms with Crippen molar-refractivity contribution in [2.75, 3.05) is 25.2 Å². The lowest BCUT2D eigenvalue weighted by Crippen LogP contribution is -2.45. The van der Waals surface area contributed by atoms with Gasteiger partial charge in [-0.05, 0) is 67.8 Å². The monoisotopic (exact) mass is 555 g/mol. The van der Waals surface area contributed by atoms with Gasteiger partial charge in [-0.15, -0.1) is 0 Å². The van der Waals surface area contributed by atoms with Gasteiger partial charge in [0.2, 0.25) is 28.7 Å². The van der Waals surface area contributed by atoms with Crippen molar-refractivity contribution in [1.82, 2.24) is 19.6 Å². The number of benzene rings is 2. The van der Waals surface area contributed by atoms with Crippen LogP contribution in [0.15, 0.2) is 53.4 Å².